The zero-order valence-corrected chi connectivity index (χ0v) is 19.5. The molecule has 9 nitrogen and oxygen atoms in total. The van der Waals surface area contributed by atoms with Gasteiger partial charge in [-0.2, -0.15) is 10.1 Å². The van der Waals surface area contributed by atoms with Crippen LogP contribution < -0.4 is 16.3 Å². The van der Waals surface area contributed by atoms with E-state index in [-0.39, 0.29) is 24.0 Å². The number of hydrazone groups is 1. The van der Waals surface area contributed by atoms with Crippen molar-refractivity contribution in [2.24, 2.45) is 12.1 Å². The van der Waals surface area contributed by atoms with Crippen LogP contribution in [0.3, 0.4) is 0 Å². The zero-order valence-electron chi connectivity index (χ0n) is 19.5. The number of nitrogens with zero attached hydrogens (tertiary/aromatic N) is 6. The SMILES string of the molecule is CC(=O)[C@H](C)N1N=C(C)[C@H](C)n2c1nc1c2c(=O)n(Cc2cc(C)ccc2C)c(=O)n1C. The molecule has 2 aromatic heterocycles. The van der Waals surface area contributed by atoms with Gasteiger partial charge in [0.2, 0.25) is 5.95 Å². The molecule has 0 aliphatic carbocycles. The molecule has 1 aliphatic heterocycles. The number of aromatic nitrogens is 4. The second kappa shape index (κ2) is 7.58. The molecule has 1 aliphatic rings. The minimum atomic E-state index is -0.554. The highest BCUT2D eigenvalue weighted by atomic mass is 16.2. The van der Waals surface area contributed by atoms with E-state index in [1.54, 1.807) is 18.5 Å². The highest BCUT2D eigenvalue weighted by molar-refractivity contribution is 5.93. The highest BCUT2D eigenvalue weighted by Crippen LogP contribution is 2.31. The van der Waals surface area contributed by atoms with Gasteiger partial charge in [0, 0.05) is 7.05 Å². The van der Waals surface area contributed by atoms with Crippen molar-refractivity contribution >= 4 is 28.6 Å². The molecule has 0 spiro atoms. The Labute approximate surface area is 185 Å². The molecular formula is C23H28N6O3. The number of Topliss-reactive ketones (excluding diaryl/α,β-unsaturated/α-hetero) is 1. The van der Waals surface area contributed by atoms with Crippen LogP contribution in [0.25, 0.3) is 11.2 Å². The van der Waals surface area contributed by atoms with Crippen LogP contribution in [0.15, 0.2) is 32.9 Å². The molecular weight excluding hydrogens is 408 g/mol. The maximum atomic E-state index is 13.7. The predicted molar refractivity (Wildman–Crippen MR) is 125 cm³/mol. The number of carbonyl (C=O) groups is 1. The Bertz CT molecular complexity index is 1410. The summed E-state index contributed by atoms with van der Waals surface area (Å²) >= 11 is 0. The number of benzene rings is 1. The lowest BCUT2D eigenvalue weighted by Crippen LogP contribution is -2.42. The van der Waals surface area contributed by atoms with Gasteiger partial charge < -0.3 is 0 Å². The van der Waals surface area contributed by atoms with Crippen LogP contribution in [0.2, 0.25) is 0 Å². The van der Waals surface area contributed by atoms with E-state index >= 15 is 0 Å². The van der Waals surface area contributed by atoms with Crippen molar-refractivity contribution < 1.29 is 4.79 Å². The number of ketones is 1. The minimum Gasteiger partial charge on any atom is -0.298 e. The molecule has 4 rings (SSSR count). The Hall–Kier alpha value is -3.49. The van der Waals surface area contributed by atoms with Crippen molar-refractivity contribution in [2.45, 2.75) is 60.2 Å². The summed E-state index contributed by atoms with van der Waals surface area (Å²) in [7, 11) is 1.61. The summed E-state index contributed by atoms with van der Waals surface area (Å²) in [6.07, 6.45) is 0. The number of anilines is 1. The smallest absolute Gasteiger partial charge is 0.298 e. The van der Waals surface area contributed by atoms with E-state index in [1.807, 2.05) is 45.9 Å². The standard InChI is InChI=1S/C23H28N6O3/c1-12-8-9-13(2)18(10-12)11-27-21(31)19-20(26(7)23(27)32)24-22-28(19)15(4)14(3)25-29(22)16(5)17(6)30/h8-10,15-16H,11H2,1-7H3/t15-,16-/m0/s1. The van der Waals surface area contributed by atoms with Crippen molar-refractivity contribution in [2.75, 3.05) is 5.01 Å². The van der Waals surface area contributed by atoms with Crippen molar-refractivity contribution in [1.29, 1.82) is 0 Å². The maximum absolute atomic E-state index is 13.7. The van der Waals surface area contributed by atoms with Crippen molar-refractivity contribution in [3.8, 4) is 0 Å². The Balaban J connectivity index is 2.01. The number of aryl methyl sites for hydroxylation is 3. The number of imidazole rings is 1. The van der Waals surface area contributed by atoms with E-state index in [0.29, 0.717) is 11.5 Å². The molecule has 0 saturated heterocycles. The van der Waals surface area contributed by atoms with E-state index in [2.05, 4.69) is 10.1 Å². The molecule has 168 valence electrons. The van der Waals surface area contributed by atoms with Crippen LogP contribution in [-0.4, -0.2) is 36.2 Å². The van der Waals surface area contributed by atoms with Crippen LogP contribution in [0.5, 0.6) is 0 Å². The second-order valence-electron chi connectivity index (χ2n) is 8.67. The molecule has 0 radical (unpaired) electrons. The molecule has 32 heavy (non-hydrogen) atoms. The summed E-state index contributed by atoms with van der Waals surface area (Å²) in [6, 6.07) is 5.19. The molecule has 0 saturated carbocycles. The van der Waals surface area contributed by atoms with Crippen LogP contribution in [0.4, 0.5) is 5.95 Å². The third kappa shape index (κ3) is 3.19. The van der Waals surface area contributed by atoms with Gasteiger partial charge in [0.25, 0.3) is 5.56 Å². The lowest BCUT2D eigenvalue weighted by molar-refractivity contribution is -0.118. The van der Waals surface area contributed by atoms with Crippen LogP contribution in [0.1, 0.15) is 50.4 Å². The summed E-state index contributed by atoms with van der Waals surface area (Å²) in [5, 5.41) is 6.10. The number of hydrogen-bond acceptors (Lipinski definition) is 6. The Kier molecular flexibility index (Phi) is 5.15. The number of hydrogen-bond donors (Lipinski definition) is 0. The Morgan fingerprint density at radius 1 is 1.19 bits per heavy atom. The number of carbonyl (C=O) groups excluding carboxylic acids is 1. The first kappa shape index (κ1) is 21.7. The van der Waals surface area contributed by atoms with Crippen molar-refractivity contribution in [1.82, 2.24) is 18.7 Å². The molecule has 1 aromatic carbocycles. The van der Waals surface area contributed by atoms with E-state index in [4.69, 9.17) is 0 Å². The molecule has 3 aromatic rings. The first-order valence-corrected chi connectivity index (χ1v) is 10.7. The second-order valence-corrected chi connectivity index (χ2v) is 8.67. The van der Waals surface area contributed by atoms with Gasteiger partial charge in [0.15, 0.2) is 16.9 Å². The van der Waals surface area contributed by atoms with E-state index in [0.717, 1.165) is 22.4 Å². The number of fused-ring (bicyclic) bond motifs is 3. The molecule has 0 N–H and O–H groups in total. The van der Waals surface area contributed by atoms with E-state index < -0.39 is 17.3 Å². The highest BCUT2D eigenvalue weighted by Gasteiger charge is 2.33. The number of rotatable bonds is 4. The fourth-order valence-corrected chi connectivity index (χ4v) is 4.05. The van der Waals surface area contributed by atoms with Gasteiger partial charge in [-0.05, 0) is 52.7 Å². The summed E-state index contributed by atoms with van der Waals surface area (Å²) < 4.78 is 4.44. The lowest BCUT2D eigenvalue weighted by atomic mass is 10.1. The van der Waals surface area contributed by atoms with E-state index in [9.17, 15) is 14.4 Å². The van der Waals surface area contributed by atoms with Gasteiger partial charge in [-0.3, -0.25) is 23.3 Å². The molecule has 0 bridgehead atoms. The van der Waals surface area contributed by atoms with Crippen LogP contribution in [0, 0.1) is 13.8 Å². The third-order valence-corrected chi connectivity index (χ3v) is 6.41. The molecule has 0 unspecified atom stereocenters. The molecule has 9 heteroatoms. The molecule has 3 heterocycles. The van der Waals surface area contributed by atoms with Crippen LogP contribution in [-0.2, 0) is 18.4 Å². The molecule has 0 amide bonds. The fourth-order valence-electron chi connectivity index (χ4n) is 4.05. The maximum Gasteiger partial charge on any atom is 0.332 e. The van der Waals surface area contributed by atoms with Crippen molar-refractivity contribution in [3.05, 3.63) is 55.7 Å². The normalized spacial score (nSPS) is 16.8. The fraction of sp³-hybridized carbons (Fsp3) is 0.435. The van der Waals surface area contributed by atoms with Gasteiger partial charge in [-0.25, -0.2) is 9.80 Å². The summed E-state index contributed by atoms with van der Waals surface area (Å²) in [4.78, 5) is 43.5. The topological polar surface area (TPSA) is 94.5 Å². The van der Waals surface area contributed by atoms with Crippen molar-refractivity contribution in [3.63, 3.8) is 0 Å². The van der Waals surface area contributed by atoms with Gasteiger partial charge >= 0.3 is 5.69 Å². The largest absolute Gasteiger partial charge is 0.332 e. The van der Waals surface area contributed by atoms with E-state index in [1.165, 1.54) is 21.1 Å². The van der Waals surface area contributed by atoms with Gasteiger partial charge in [0.05, 0.1) is 18.3 Å². The zero-order chi connectivity index (χ0) is 23.5. The molecule has 0 fully saturated rings. The Morgan fingerprint density at radius 3 is 2.53 bits per heavy atom. The Morgan fingerprint density at radius 2 is 1.88 bits per heavy atom. The first-order valence-electron chi connectivity index (χ1n) is 10.7. The van der Waals surface area contributed by atoms with Gasteiger partial charge in [-0.1, -0.05) is 23.8 Å². The average Bonchev–Trinajstić information content (AvgIpc) is 3.15. The minimum absolute atomic E-state index is 0.0732. The monoisotopic (exact) mass is 436 g/mol. The lowest BCUT2D eigenvalue weighted by Gasteiger charge is -2.31. The van der Waals surface area contributed by atoms with Crippen LogP contribution >= 0.6 is 0 Å². The van der Waals surface area contributed by atoms with Gasteiger partial charge in [0.1, 0.15) is 6.04 Å². The predicted octanol–water partition coefficient (Wildman–Crippen LogP) is 2.30. The molecule has 2 atom stereocenters. The average molecular weight is 437 g/mol. The third-order valence-electron chi connectivity index (χ3n) is 6.41. The summed E-state index contributed by atoms with van der Waals surface area (Å²) in [5.74, 6) is 0.313. The van der Waals surface area contributed by atoms with Gasteiger partial charge in [-0.15, -0.1) is 0 Å². The first-order chi connectivity index (χ1) is 15.0. The quantitative estimate of drug-likeness (QED) is 0.626. The summed E-state index contributed by atoms with van der Waals surface area (Å²) in [6.45, 7) is 11.1. The summed E-state index contributed by atoms with van der Waals surface area (Å²) in [5.41, 5.74) is 3.51.